The fourth-order valence-electron chi connectivity index (χ4n) is 1.45. The molecule has 88 valence electrons. The van der Waals surface area contributed by atoms with Gasteiger partial charge in [0.2, 0.25) is 5.88 Å². The fourth-order valence-corrected chi connectivity index (χ4v) is 1.45. The Labute approximate surface area is 99.6 Å². The van der Waals surface area contributed by atoms with Gasteiger partial charge in [0.1, 0.15) is 6.10 Å². The van der Waals surface area contributed by atoms with Crippen LogP contribution in [0.1, 0.15) is 18.6 Å². The summed E-state index contributed by atoms with van der Waals surface area (Å²) in [5.41, 5.74) is 3.51. The lowest BCUT2D eigenvalue weighted by molar-refractivity contribution is 0.217. The number of ether oxygens (including phenoxy) is 1. The van der Waals surface area contributed by atoms with E-state index in [1.54, 1.807) is 6.20 Å². The summed E-state index contributed by atoms with van der Waals surface area (Å²) in [5, 5.41) is 0. The van der Waals surface area contributed by atoms with E-state index in [4.69, 9.17) is 10.6 Å². The van der Waals surface area contributed by atoms with Crippen LogP contribution in [0.15, 0.2) is 42.7 Å². The first kappa shape index (κ1) is 11.3. The van der Waals surface area contributed by atoms with Gasteiger partial charge in [-0.25, -0.2) is 5.84 Å². The molecule has 0 aliphatic heterocycles. The molecule has 0 amide bonds. The quantitative estimate of drug-likeness (QED) is 0.620. The number of hydrogen-bond donors (Lipinski definition) is 2. The van der Waals surface area contributed by atoms with E-state index >= 15 is 0 Å². The Morgan fingerprint density at radius 3 is 2.71 bits per heavy atom. The summed E-state index contributed by atoms with van der Waals surface area (Å²) in [6, 6.07) is 9.92. The van der Waals surface area contributed by atoms with E-state index in [9.17, 15) is 0 Å². The number of hydrogen-bond acceptors (Lipinski definition) is 5. The number of anilines is 1. The van der Waals surface area contributed by atoms with Crippen molar-refractivity contribution in [3.8, 4) is 5.88 Å². The van der Waals surface area contributed by atoms with Gasteiger partial charge >= 0.3 is 0 Å². The van der Waals surface area contributed by atoms with Gasteiger partial charge in [-0.15, -0.1) is 0 Å². The maximum absolute atomic E-state index is 5.67. The minimum atomic E-state index is -0.0847. The van der Waals surface area contributed by atoms with Crippen molar-refractivity contribution in [3.05, 3.63) is 48.3 Å². The summed E-state index contributed by atoms with van der Waals surface area (Å²) < 4.78 is 5.67. The largest absolute Gasteiger partial charge is 0.469 e. The van der Waals surface area contributed by atoms with Gasteiger partial charge < -0.3 is 10.2 Å². The molecular weight excluding hydrogens is 216 g/mol. The van der Waals surface area contributed by atoms with E-state index in [1.807, 2.05) is 37.3 Å². The number of nitrogen functional groups attached to an aromatic ring is 1. The molecule has 1 unspecified atom stereocenters. The third-order valence-electron chi connectivity index (χ3n) is 2.33. The minimum Gasteiger partial charge on any atom is -0.469 e. The highest BCUT2D eigenvalue weighted by Crippen LogP contribution is 2.19. The molecule has 0 bridgehead atoms. The molecule has 2 rings (SSSR count). The summed E-state index contributed by atoms with van der Waals surface area (Å²) in [6.07, 6.45) is 3.00. The van der Waals surface area contributed by atoms with E-state index < -0.39 is 0 Å². The third kappa shape index (κ3) is 2.92. The summed E-state index contributed by atoms with van der Waals surface area (Å²) in [4.78, 5) is 8.11. The number of nitrogens with two attached hydrogens (primary N) is 1. The molecule has 0 saturated carbocycles. The summed E-state index contributed by atoms with van der Waals surface area (Å²) >= 11 is 0. The number of nitrogens with zero attached hydrogens (tertiary/aromatic N) is 2. The predicted octanol–water partition coefficient (Wildman–Crippen LogP) is 1.90. The molecule has 1 aromatic heterocycles. The van der Waals surface area contributed by atoms with Gasteiger partial charge in [0.25, 0.3) is 0 Å². The first-order valence-corrected chi connectivity index (χ1v) is 5.30. The second-order valence-corrected chi connectivity index (χ2v) is 3.56. The molecule has 17 heavy (non-hydrogen) atoms. The highest BCUT2D eigenvalue weighted by Gasteiger charge is 2.07. The Morgan fingerprint density at radius 1 is 1.24 bits per heavy atom. The Hall–Kier alpha value is -2.14. The predicted molar refractivity (Wildman–Crippen MR) is 65.3 cm³/mol. The second kappa shape index (κ2) is 5.27. The van der Waals surface area contributed by atoms with E-state index in [0.29, 0.717) is 11.7 Å². The molecule has 2 aromatic rings. The molecule has 5 heteroatoms. The Balaban J connectivity index is 2.10. The van der Waals surface area contributed by atoms with Crippen molar-refractivity contribution < 1.29 is 4.74 Å². The summed E-state index contributed by atoms with van der Waals surface area (Å²) in [5.74, 6) is 6.17. The highest BCUT2D eigenvalue weighted by molar-refractivity contribution is 5.31. The lowest BCUT2D eigenvalue weighted by atomic mass is 10.1. The monoisotopic (exact) mass is 230 g/mol. The first-order valence-electron chi connectivity index (χ1n) is 5.30. The van der Waals surface area contributed by atoms with Crippen LogP contribution in [-0.4, -0.2) is 9.97 Å². The Morgan fingerprint density at radius 2 is 2.00 bits per heavy atom. The van der Waals surface area contributed by atoms with Crippen molar-refractivity contribution in [1.29, 1.82) is 0 Å². The van der Waals surface area contributed by atoms with Crippen LogP contribution in [0.25, 0.3) is 0 Å². The first-order chi connectivity index (χ1) is 8.29. The fraction of sp³-hybridized carbons (Fsp3) is 0.167. The maximum Gasteiger partial charge on any atom is 0.234 e. The van der Waals surface area contributed by atoms with Crippen molar-refractivity contribution in [2.24, 2.45) is 5.84 Å². The zero-order valence-corrected chi connectivity index (χ0v) is 9.50. The molecule has 0 aliphatic carbocycles. The molecule has 1 aromatic carbocycles. The Bertz CT molecular complexity index is 475. The van der Waals surface area contributed by atoms with Gasteiger partial charge in [-0.1, -0.05) is 30.3 Å². The number of rotatable bonds is 4. The van der Waals surface area contributed by atoms with Crippen LogP contribution in [-0.2, 0) is 0 Å². The highest BCUT2D eigenvalue weighted by atomic mass is 16.5. The van der Waals surface area contributed by atoms with Gasteiger partial charge in [0, 0.05) is 0 Å². The molecule has 0 radical (unpaired) electrons. The zero-order valence-electron chi connectivity index (χ0n) is 9.50. The molecule has 0 spiro atoms. The maximum atomic E-state index is 5.67. The van der Waals surface area contributed by atoms with Crippen molar-refractivity contribution in [2.45, 2.75) is 13.0 Å². The SMILES string of the molecule is CC(Oc1cncc(NN)n1)c1ccccc1. The molecule has 1 atom stereocenters. The lowest BCUT2D eigenvalue weighted by Crippen LogP contribution is -2.10. The van der Waals surface area contributed by atoms with Crippen molar-refractivity contribution in [3.63, 3.8) is 0 Å². The van der Waals surface area contributed by atoms with Gasteiger partial charge in [0.15, 0.2) is 5.82 Å². The van der Waals surface area contributed by atoms with Crippen LogP contribution >= 0.6 is 0 Å². The zero-order chi connectivity index (χ0) is 12.1. The smallest absolute Gasteiger partial charge is 0.234 e. The van der Waals surface area contributed by atoms with Crippen LogP contribution in [0.5, 0.6) is 5.88 Å². The van der Waals surface area contributed by atoms with Crippen molar-refractivity contribution in [1.82, 2.24) is 9.97 Å². The van der Waals surface area contributed by atoms with E-state index in [-0.39, 0.29) is 6.10 Å². The van der Waals surface area contributed by atoms with Crippen LogP contribution in [0.4, 0.5) is 5.82 Å². The molecule has 3 N–H and O–H groups in total. The number of aromatic nitrogens is 2. The molecule has 5 nitrogen and oxygen atoms in total. The van der Waals surface area contributed by atoms with Crippen molar-refractivity contribution in [2.75, 3.05) is 5.43 Å². The average Bonchev–Trinajstić information content (AvgIpc) is 2.40. The second-order valence-electron chi connectivity index (χ2n) is 3.56. The normalized spacial score (nSPS) is 11.9. The third-order valence-corrected chi connectivity index (χ3v) is 2.33. The molecule has 0 fully saturated rings. The van der Waals surface area contributed by atoms with Gasteiger partial charge in [-0.2, -0.15) is 4.98 Å². The number of hydrazine groups is 1. The molecule has 0 aliphatic rings. The van der Waals surface area contributed by atoms with Crippen LogP contribution in [0.3, 0.4) is 0 Å². The van der Waals surface area contributed by atoms with Gasteiger partial charge in [0.05, 0.1) is 12.4 Å². The Kier molecular flexibility index (Phi) is 3.52. The number of benzene rings is 1. The minimum absolute atomic E-state index is 0.0847. The average molecular weight is 230 g/mol. The van der Waals surface area contributed by atoms with Gasteiger partial charge in [-0.05, 0) is 12.5 Å². The van der Waals surface area contributed by atoms with E-state index in [0.717, 1.165) is 5.56 Å². The topological polar surface area (TPSA) is 73.1 Å². The number of nitrogens with one attached hydrogen (secondary N) is 1. The van der Waals surface area contributed by atoms with E-state index in [1.165, 1.54) is 6.20 Å². The standard InChI is InChI=1S/C12H14N4O/c1-9(10-5-3-2-4-6-10)17-12-8-14-7-11(15-12)16-13/h2-9H,13H2,1H3,(H,15,16). The summed E-state index contributed by atoms with van der Waals surface area (Å²) in [7, 11) is 0. The van der Waals surface area contributed by atoms with Crippen LogP contribution in [0, 0.1) is 0 Å². The molecule has 1 heterocycles. The lowest BCUT2D eigenvalue weighted by Gasteiger charge is -2.14. The summed E-state index contributed by atoms with van der Waals surface area (Å²) in [6.45, 7) is 1.96. The molecular formula is C12H14N4O. The van der Waals surface area contributed by atoms with Crippen LogP contribution < -0.4 is 16.0 Å². The molecule has 0 saturated heterocycles. The van der Waals surface area contributed by atoms with Crippen LogP contribution in [0.2, 0.25) is 0 Å². The van der Waals surface area contributed by atoms with Crippen molar-refractivity contribution >= 4 is 5.82 Å². The van der Waals surface area contributed by atoms with E-state index in [2.05, 4.69) is 15.4 Å². The van der Waals surface area contributed by atoms with Gasteiger partial charge in [-0.3, -0.25) is 4.98 Å².